The van der Waals surface area contributed by atoms with Gasteiger partial charge in [0.1, 0.15) is 0 Å². The molecule has 0 spiro atoms. The van der Waals surface area contributed by atoms with Gasteiger partial charge in [0.2, 0.25) is 15.9 Å². The van der Waals surface area contributed by atoms with E-state index in [-0.39, 0.29) is 11.9 Å². The minimum Gasteiger partial charge on any atom is -0.324 e. The van der Waals surface area contributed by atoms with Gasteiger partial charge in [-0.3, -0.25) is 9.69 Å². The fourth-order valence-corrected chi connectivity index (χ4v) is 4.79. The number of nitrogens with zero attached hydrogens (tertiary/aromatic N) is 2. The first-order chi connectivity index (χ1) is 13.3. The molecule has 0 aliphatic carbocycles. The largest absolute Gasteiger partial charge is 0.324 e. The number of anilines is 1. The Balaban J connectivity index is 1.61. The molecule has 150 valence electrons. The summed E-state index contributed by atoms with van der Waals surface area (Å²) >= 11 is 0. The van der Waals surface area contributed by atoms with Crippen LogP contribution in [-0.2, 0) is 14.8 Å². The van der Waals surface area contributed by atoms with Crippen molar-refractivity contribution in [2.75, 3.05) is 31.5 Å². The highest BCUT2D eigenvalue weighted by atomic mass is 32.2. The zero-order valence-corrected chi connectivity index (χ0v) is 17.4. The van der Waals surface area contributed by atoms with Crippen molar-refractivity contribution in [3.05, 3.63) is 59.7 Å². The monoisotopic (exact) mass is 401 g/mol. The normalized spacial score (nSPS) is 17.2. The van der Waals surface area contributed by atoms with E-state index in [0.29, 0.717) is 31.1 Å². The summed E-state index contributed by atoms with van der Waals surface area (Å²) in [5.41, 5.74) is 2.93. The fourth-order valence-electron chi connectivity index (χ4n) is 3.35. The van der Waals surface area contributed by atoms with Gasteiger partial charge in [-0.25, -0.2) is 8.42 Å². The van der Waals surface area contributed by atoms with Crippen molar-refractivity contribution >= 4 is 21.6 Å². The Morgan fingerprint density at radius 3 is 2.29 bits per heavy atom. The van der Waals surface area contributed by atoms with E-state index in [4.69, 9.17) is 0 Å². The number of piperazine rings is 1. The van der Waals surface area contributed by atoms with Gasteiger partial charge in [0.15, 0.2) is 0 Å². The van der Waals surface area contributed by atoms with E-state index in [2.05, 4.69) is 5.32 Å². The van der Waals surface area contributed by atoms with Crippen LogP contribution < -0.4 is 5.32 Å². The molecule has 1 N–H and O–H groups in total. The molecule has 28 heavy (non-hydrogen) atoms. The SMILES string of the molecule is Cc1ccc(C)c(NC(=O)[C@@H](C)N2CCN(S(=O)(=O)c3ccccc3)CC2)c1. The minimum absolute atomic E-state index is 0.0759. The predicted octanol–water partition coefficient (Wildman–Crippen LogP) is 2.64. The van der Waals surface area contributed by atoms with E-state index in [1.165, 1.54) is 4.31 Å². The third kappa shape index (κ3) is 4.43. The molecule has 3 rings (SSSR count). The van der Waals surface area contributed by atoms with Crippen molar-refractivity contribution in [2.24, 2.45) is 0 Å². The van der Waals surface area contributed by atoms with E-state index in [1.807, 2.05) is 43.9 Å². The van der Waals surface area contributed by atoms with Gasteiger partial charge < -0.3 is 5.32 Å². The van der Waals surface area contributed by atoms with Gasteiger partial charge in [-0.1, -0.05) is 30.3 Å². The third-order valence-corrected chi connectivity index (χ3v) is 7.15. The van der Waals surface area contributed by atoms with Crippen LogP contribution in [0, 0.1) is 13.8 Å². The number of aryl methyl sites for hydroxylation is 2. The average Bonchev–Trinajstić information content (AvgIpc) is 2.71. The lowest BCUT2D eigenvalue weighted by Gasteiger charge is -2.36. The van der Waals surface area contributed by atoms with Crippen molar-refractivity contribution in [2.45, 2.75) is 31.7 Å². The van der Waals surface area contributed by atoms with Gasteiger partial charge in [0.05, 0.1) is 10.9 Å². The molecule has 1 aliphatic rings. The molecule has 1 amide bonds. The summed E-state index contributed by atoms with van der Waals surface area (Å²) in [5.74, 6) is -0.0759. The van der Waals surface area contributed by atoms with Crippen LogP contribution in [0.3, 0.4) is 0 Å². The van der Waals surface area contributed by atoms with Gasteiger partial charge >= 0.3 is 0 Å². The predicted molar refractivity (Wildman–Crippen MR) is 111 cm³/mol. The molecule has 0 unspecified atom stereocenters. The van der Waals surface area contributed by atoms with E-state index in [0.717, 1.165) is 16.8 Å². The first kappa shape index (κ1) is 20.5. The Hall–Kier alpha value is -2.22. The standard InChI is InChI=1S/C21H27N3O3S/c1-16-9-10-17(2)20(15-16)22-21(25)18(3)23-11-13-24(14-12-23)28(26,27)19-7-5-4-6-8-19/h4-10,15,18H,11-14H2,1-3H3,(H,22,25)/t18-/m1/s1. The molecule has 7 heteroatoms. The number of benzene rings is 2. The smallest absolute Gasteiger partial charge is 0.243 e. The summed E-state index contributed by atoms with van der Waals surface area (Å²) in [6.45, 7) is 7.61. The zero-order valence-electron chi connectivity index (χ0n) is 16.6. The maximum absolute atomic E-state index is 12.7. The number of sulfonamides is 1. The minimum atomic E-state index is -3.48. The third-order valence-electron chi connectivity index (χ3n) is 5.23. The second-order valence-corrected chi connectivity index (χ2v) is 9.17. The first-order valence-corrected chi connectivity index (χ1v) is 10.9. The number of carbonyl (C=O) groups is 1. The van der Waals surface area contributed by atoms with E-state index in [1.54, 1.807) is 30.3 Å². The quantitative estimate of drug-likeness (QED) is 0.836. The maximum Gasteiger partial charge on any atom is 0.243 e. The Labute approximate surface area is 167 Å². The number of carbonyl (C=O) groups excluding carboxylic acids is 1. The van der Waals surface area contributed by atoms with Crippen LogP contribution >= 0.6 is 0 Å². The van der Waals surface area contributed by atoms with E-state index in [9.17, 15) is 13.2 Å². The van der Waals surface area contributed by atoms with E-state index >= 15 is 0 Å². The molecular formula is C21H27N3O3S. The van der Waals surface area contributed by atoms with Gasteiger partial charge in [-0.15, -0.1) is 0 Å². The van der Waals surface area contributed by atoms with Crippen LogP contribution in [0.4, 0.5) is 5.69 Å². The lowest BCUT2D eigenvalue weighted by molar-refractivity contribution is -0.121. The summed E-state index contributed by atoms with van der Waals surface area (Å²) in [6, 6.07) is 14.1. The summed E-state index contributed by atoms with van der Waals surface area (Å²) < 4.78 is 27.0. The average molecular weight is 402 g/mol. The van der Waals surface area contributed by atoms with Gasteiger partial charge in [0.25, 0.3) is 0 Å². The maximum atomic E-state index is 12.7. The lowest BCUT2D eigenvalue weighted by atomic mass is 10.1. The van der Waals surface area contributed by atoms with Crippen molar-refractivity contribution in [1.82, 2.24) is 9.21 Å². The number of hydrogen-bond donors (Lipinski definition) is 1. The molecule has 0 saturated carbocycles. The lowest BCUT2D eigenvalue weighted by Crippen LogP contribution is -2.53. The topological polar surface area (TPSA) is 69.7 Å². The molecule has 1 heterocycles. The van der Waals surface area contributed by atoms with Gasteiger partial charge in [-0.05, 0) is 50.1 Å². The molecule has 1 fully saturated rings. The summed E-state index contributed by atoms with van der Waals surface area (Å²) in [5, 5.41) is 3.00. The number of nitrogens with one attached hydrogen (secondary N) is 1. The molecule has 2 aromatic carbocycles. The highest BCUT2D eigenvalue weighted by Crippen LogP contribution is 2.20. The second-order valence-electron chi connectivity index (χ2n) is 7.24. The second kappa shape index (κ2) is 8.43. The Bertz CT molecular complexity index is 937. The molecular weight excluding hydrogens is 374 g/mol. The number of rotatable bonds is 5. The van der Waals surface area contributed by atoms with Crippen LogP contribution in [0.1, 0.15) is 18.1 Å². The van der Waals surface area contributed by atoms with Crippen LogP contribution in [0.5, 0.6) is 0 Å². The van der Waals surface area contributed by atoms with Crippen molar-refractivity contribution in [3.8, 4) is 0 Å². The molecule has 1 aliphatic heterocycles. The van der Waals surface area contributed by atoms with Crippen LogP contribution in [0.15, 0.2) is 53.4 Å². The molecule has 0 radical (unpaired) electrons. The van der Waals surface area contributed by atoms with Crippen molar-refractivity contribution < 1.29 is 13.2 Å². The van der Waals surface area contributed by atoms with Crippen molar-refractivity contribution in [1.29, 1.82) is 0 Å². The molecule has 0 bridgehead atoms. The first-order valence-electron chi connectivity index (χ1n) is 9.46. The molecule has 6 nitrogen and oxygen atoms in total. The highest BCUT2D eigenvalue weighted by molar-refractivity contribution is 7.89. The van der Waals surface area contributed by atoms with Crippen LogP contribution in [0.25, 0.3) is 0 Å². The fraction of sp³-hybridized carbons (Fsp3) is 0.381. The Kier molecular flexibility index (Phi) is 6.17. The van der Waals surface area contributed by atoms with Crippen molar-refractivity contribution in [3.63, 3.8) is 0 Å². The number of hydrogen-bond acceptors (Lipinski definition) is 4. The van der Waals surface area contributed by atoms with Crippen LogP contribution in [0.2, 0.25) is 0 Å². The summed E-state index contributed by atoms with van der Waals surface area (Å²) in [4.78, 5) is 15.0. The summed E-state index contributed by atoms with van der Waals surface area (Å²) in [7, 11) is -3.48. The van der Waals surface area contributed by atoms with Crippen LogP contribution in [-0.4, -0.2) is 55.8 Å². The van der Waals surface area contributed by atoms with Gasteiger partial charge in [-0.2, -0.15) is 4.31 Å². The van der Waals surface area contributed by atoms with Gasteiger partial charge in [0, 0.05) is 31.9 Å². The molecule has 0 aromatic heterocycles. The Morgan fingerprint density at radius 1 is 1.00 bits per heavy atom. The molecule has 1 saturated heterocycles. The summed E-state index contributed by atoms with van der Waals surface area (Å²) in [6.07, 6.45) is 0. The molecule has 1 atom stereocenters. The highest BCUT2D eigenvalue weighted by Gasteiger charge is 2.31. The Morgan fingerprint density at radius 2 is 1.64 bits per heavy atom. The zero-order chi connectivity index (χ0) is 20.3. The van der Waals surface area contributed by atoms with E-state index < -0.39 is 10.0 Å². The number of amides is 1. The molecule has 2 aromatic rings.